The lowest BCUT2D eigenvalue weighted by Gasteiger charge is -2.19. The van der Waals surface area contributed by atoms with Gasteiger partial charge < -0.3 is 19.5 Å². The molecule has 0 radical (unpaired) electrons. The molecule has 2 aromatic rings. The SMILES string of the molecule is COc1cc(I)c(C(=O)NCCOc2ccc(C(C)(C)C)cc2)cc1OC. The number of methoxy groups -OCH3 is 2. The Labute approximate surface area is 174 Å². The molecule has 1 amide bonds. The first-order chi connectivity index (χ1) is 12.8. The largest absolute Gasteiger partial charge is 0.493 e. The summed E-state index contributed by atoms with van der Waals surface area (Å²) in [5.74, 6) is 1.74. The van der Waals surface area contributed by atoms with Crippen LogP contribution in [0.15, 0.2) is 36.4 Å². The quantitative estimate of drug-likeness (QED) is 0.468. The van der Waals surface area contributed by atoms with Crippen molar-refractivity contribution in [2.45, 2.75) is 26.2 Å². The van der Waals surface area contributed by atoms with Crippen molar-refractivity contribution in [3.05, 3.63) is 51.1 Å². The minimum atomic E-state index is -0.174. The third-order valence-electron chi connectivity index (χ3n) is 4.09. The van der Waals surface area contributed by atoms with Crippen molar-refractivity contribution >= 4 is 28.5 Å². The number of hydrogen-bond acceptors (Lipinski definition) is 4. The number of carbonyl (C=O) groups is 1. The molecule has 0 aliphatic rings. The van der Waals surface area contributed by atoms with Crippen LogP contribution in [-0.4, -0.2) is 33.3 Å². The monoisotopic (exact) mass is 483 g/mol. The summed E-state index contributed by atoms with van der Waals surface area (Å²) in [6.07, 6.45) is 0. The van der Waals surface area contributed by atoms with Crippen LogP contribution in [0.5, 0.6) is 17.2 Å². The summed E-state index contributed by atoms with van der Waals surface area (Å²) in [5, 5.41) is 2.87. The summed E-state index contributed by atoms with van der Waals surface area (Å²) >= 11 is 2.11. The van der Waals surface area contributed by atoms with Gasteiger partial charge in [-0.3, -0.25) is 4.79 Å². The zero-order valence-electron chi connectivity index (χ0n) is 16.4. The van der Waals surface area contributed by atoms with E-state index in [0.29, 0.717) is 30.2 Å². The molecular formula is C21H26INO4. The van der Waals surface area contributed by atoms with E-state index in [2.05, 4.69) is 60.8 Å². The van der Waals surface area contributed by atoms with Gasteiger partial charge in [0.2, 0.25) is 0 Å². The highest BCUT2D eigenvalue weighted by Gasteiger charge is 2.15. The Bertz CT molecular complexity index is 782. The van der Waals surface area contributed by atoms with Crippen LogP contribution in [0.2, 0.25) is 0 Å². The fourth-order valence-corrected chi connectivity index (χ4v) is 3.19. The molecule has 0 bridgehead atoms. The maximum absolute atomic E-state index is 12.4. The topological polar surface area (TPSA) is 56.8 Å². The molecule has 0 heterocycles. The standard InChI is InChI=1S/C21H26INO4/c1-21(2,3)14-6-8-15(9-7-14)27-11-10-23-20(24)16-12-18(25-4)19(26-5)13-17(16)22/h6-9,12-13H,10-11H2,1-5H3,(H,23,24). The molecule has 0 fully saturated rings. The second-order valence-corrected chi connectivity index (χ2v) is 8.23. The number of amides is 1. The minimum Gasteiger partial charge on any atom is -0.493 e. The summed E-state index contributed by atoms with van der Waals surface area (Å²) < 4.78 is 17.0. The molecule has 146 valence electrons. The Morgan fingerprint density at radius 2 is 1.63 bits per heavy atom. The zero-order chi connectivity index (χ0) is 20.0. The summed E-state index contributed by atoms with van der Waals surface area (Å²) in [4.78, 5) is 12.4. The van der Waals surface area contributed by atoms with Gasteiger partial charge in [0.25, 0.3) is 5.91 Å². The summed E-state index contributed by atoms with van der Waals surface area (Å²) in [7, 11) is 3.12. The lowest BCUT2D eigenvalue weighted by Crippen LogP contribution is -2.28. The maximum atomic E-state index is 12.4. The van der Waals surface area contributed by atoms with Crippen molar-refractivity contribution in [3.8, 4) is 17.2 Å². The molecule has 6 heteroatoms. The number of benzene rings is 2. The predicted octanol–water partition coefficient (Wildman–Crippen LogP) is 4.41. The highest BCUT2D eigenvalue weighted by molar-refractivity contribution is 14.1. The normalized spacial score (nSPS) is 11.0. The Hall–Kier alpha value is -1.96. The number of ether oxygens (including phenoxy) is 3. The third kappa shape index (κ3) is 5.76. The highest BCUT2D eigenvalue weighted by atomic mass is 127. The van der Waals surface area contributed by atoms with Gasteiger partial charge >= 0.3 is 0 Å². The fourth-order valence-electron chi connectivity index (χ4n) is 2.51. The van der Waals surface area contributed by atoms with Crippen LogP contribution >= 0.6 is 22.6 Å². The molecule has 27 heavy (non-hydrogen) atoms. The Morgan fingerprint density at radius 1 is 1.04 bits per heavy atom. The minimum absolute atomic E-state index is 0.114. The van der Waals surface area contributed by atoms with E-state index in [1.165, 1.54) is 5.56 Å². The molecule has 0 aliphatic carbocycles. The first-order valence-corrected chi connectivity index (χ1v) is 9.77. The molecule has 1 N–H and O–H groups in total. The molecule has 5 nitrogen and oxygen atoms in total. The summed E-state index contributed by atoms with van der Waals surface area (Å²) in [5.41, 5.74) is 1.91. The van der Waals surface area contributed by atoms with Gasteiger partial charge in [-0.1, -0.05) is 32.9 Å². The average molecular weight is 483 g/mol. The van der Waals surface area contributed by atoms with Gasteiger partial charge in [-0.2, -0.15) is 0 Å². The molecule has 0 saturated carbocycles. The molecule has 0 saturated heterocycles. The third-order valence-corrected chi connectivity index (χ3v) is 4.99. The highest BCUT2D eigenvalue weighted by Crippen LogP contribution is 2.31. The van der Waals surface area contributed by atoms with E-state index < -0.39 is 0 Å². The Balaban J connectivity index is 1.89. The van der Waals surface area contributed by atoms with Crippen LogP contribution in [-0.2, 0) is 5.41 Å². The second-order valence-electron chi connectivity index (χ2n) is 7.07. The second kappa shape index (κ2) is 9.30. The maximum Gasteiger partial charge on any atom is 0.252 e. The first kappa shape index (κ1) is 21.3. The van der Waals surface area contributed by atoms with Crippen LogP contribution in [0, 0.1) is 3.57 Å². The molecular weight excluding hydrogens is 457 g/mol. The Morgan fingerprint density at radius 3 is 2.19 bits per heavy atom. The number of nitrogens with one attached hydrogen (secondary N) is 1. The van der Waals surface area contributed by atoms with E-state index in [4.69, 9.17) is 14.2 Å². The molecule has 0 spiro atoms. The smallest absolute Gasteiger partial charge is 0.252 e. The van der Waals surface area contributed by atoms with E-state index in [9.17, 15) is 4.79 Å². The van der Waals surface area contributed by atoms with Gasteiger partial charge in [0.1, 0.15) is 12.4 Å². The molecule has 0 aromatic heterocycles. The average Bonchev–Trinajstić information content (AvgIpc) is 2.64. The fraction of sp³-hybridized carbons (Fsp3) is 0.381. The van der Waals surface area contributed by atoms with Gasteiger partial charge in [-0.05, 0) is 57.8 Å². The van der Waals surface area contributed by atoms with Gasteiger partial charge in [0.05, 0.1) is 26.3 Å². The number of hydrogen-bond donors (Lipinski definition) is 1. The van der Waals surface area contributed by atoms with Crippen LogP contribution < -0.4 is 19.5 Å². The van der Waals surface area contributed by atoms with Crippen LogP contribution in [0.25, 0.3) is 0 Å². The zero-order valence-corrected chi connectivity index (χ0v) is 18.5. The first-order valence-electron chi connectivity index (χ1n) is 8.69. The lowest BCUT2D eigenvalue weighted by atomic mass is 9.87. The molecule has 0 unspecified atom stereocenters. The van der Waals surface area contributed by atoms with Crippen LogP contribution in [0.4, 0.5) is 0 Å². The lowest BCUT2D eigenvalue weighted by molar-refractivity contribution is 0.0945. The van der Waals surface area contributed by atoms with Crippen molar-refractivity contribution in [1.29, 1.82) is 0 Å². The number of halogens is 1. The predicted molar refractivity (Wildman–Crippen MR) is 115 cm³/mol. The molecule has 0 atom stereocenters. The van der Waals surface area contributed by atoms with Crippen molar-refractivity contribution < 1.29 is 19.0 Å². The summed E-state index contributed by atoms with van der Waals surface area (Å²) in [6, 6.07) is 11.5. The van der Waals surface area contributed by atoms with Gasteiger partial charge in [-0.15, -0.1) is 0 Å². The molecule has 2 rings (SSSR count). The van der Waals surface area contributed by atoms with E-state index in [1.807, 2.05) is 12.1 Å². The summed E-state index contributed by atoms with van der Waals surface area (Å²) in [6.45, 7) is 7.32. The Kier molecular flexibility index (Phi) is 7.35. The van der Waals surface area contributed by atoms with Gasteiger partial charge in [-0.25, -0.2) is 0 Å². The van der Waals surface area contributed by atoms with E-state index in [-0.39, 0.29) is 11.3 Å². The number of rotatable bonds is 7. The van der Waals surface area contributed by atoms with Crippen molar-refractivity contribution in [3.63, 3.8) is 0 Å². The molecule has 2 aromatic carbocycles. The van der Waals surface area contributed by atoms with Gasteiger partial charge in [0.15, 0.2) is 11.5 Å². The molecule has 0 aliphatic heterocycles. The van der Waals surface area contributed by atoms with E-state index in [1.54, 1.807) is 26.4 Å². The van der Waals surface area contributed by atoms with Gasteiger partial charge in [0, 0.05) is 3.57 Å². The van der Waals surface area contributed by atoms with Crippen molar-refractivity contribution in [1.82, 2.24) is 5.32 Å². The van der Waals surface area contributed by atoms with E-state index in [0.717, 1.165) is 9.32 Å². The van der Waals surface area contributed by atoms with Crippen LogP contribution in [0.3, 0.4) is 0 Å². The number of carbonyl (C=O) groups excluding carboxylic acids is 1. The van der Waals surface area contributed by atoms with Crippen LogP contribution in [0.1, 0.15) is 36.7 Å². The van der Waals surface area contributed by atoms with E-state index >= 15 is 0 Å². The van der Waals surface area contributed by atoms with Crippen molar-refractivity contribution in [2.24, 2.45) is 0 Å². The van der Waals surface area contributed by atoms with Crippen molar-refractivity contribution in [2.75, 3.05) is 27.4 Å².